The third-order valence-corrected chi connectivity index (χ3v) is 3.87. The van der Waals surface area contributed by atoms with E-state index >= 15 is 0 Å². The van der Waals surface area contributed by atoms with Gasteiger partial charge in [-0.25, -0.2) is 0 Å². The van der Waals surface area contributed by atoms with Crippen molar-refractivity contribution in [1.82, 2.24) is 14.8 Å². The second kappa shape index (κ2) is 8.48. The Balaban J connectivity index is 1.82. The number of unbranched alkanes of at least 4 members (excludes halogenated alkanes) is 4. The number of nitrogens with zero attached hydrogens (tertiary/aromatic N) is 2. The van der Waals surface area contributed by atoms with E-state index in [0.29, 0.717) is 4.77 Å². The van der Waals surface area contributed by atoms with Crippen LogP contribution in [0.4, 0.5) is 0 Å². The van der Waals surface area contributed by atoms with E-state index in [-0.39, 0.29) is 6.42 Å². The Hall–Kier alpha value is -1.95. The summed E-state index contributed by atoms with van der Waals surface area (Å²) in [5.41, 5.74) is 1.05. The molecular formula is C16H21N3O2S. The van der Waals surface area contributed by atoms with Crippen molar-refractivity contribution in [3.63, 3.8) is 0 Å². The Bertz CT molecular complexity index is 649. The van der Waals surface area contributed by atoms with Crippen LogP contribution in [0.1, 0.15) is 38.5 Å². The number of aromatic nitrogens is 3. The highest BCUT2D eigenvalue weighted by Crippen LogP contribution is 2.17. The van der Waals surface area contributed by atoms with Gasteiger partial charge in [0.1, 0.15) is 0 Å². The van der Waals surface area contributed by atoms with Gasteiger partial charge in [-0.15, -0.1) is 0 Å². The maximum Gasteiger partial charge on any atom is 0.303 e. The normalized spacial score (nSPS) is 10.7. The second-order valence-electron chi connectivity index (χ2n) is 5.28. The molecule has 2 N–H and O–H groups in total. The lowest BCUT2D eigenvalue weighted by atomic mass is 10.1. The van der Waals surface area contributed by atoms with E-state index in [2.05, 4.69) is 10.2 Å². The van der Waals surface area contributed by atoms with Crippen molar-refractivity contribution in [2.24, 2.45) is 0 Å². The fourth-order valence-electron chi connectivity index (χ4n) is 2.41. The number of rotatable bonds is 9. The van der Waals surface area contributed by atoms with Crippen molar-refractivity contribution in [2.45, 2.75) is 45.1 Å². The lowest BCUT2D eigenvalue weighted by molar-refractivity contribution is -0.137. The van der Waals surface area contributed by atoms with Gasteiger partial charge < -0.3 is 9.67 Å². The average molecular weight is 319 g/mol. The maximum absolute atomic E-state index is 10.4. The van der Waals surface area contributed by atoms with E-state index in [4.69, 9.17) is 17.3 Å². The van der Waals surface area contributed by atoms with Crippen LogP contribution >= 0.6 is 12.2 Å². The van der Waals surface area contributed by atoms with E-state index < -0.39 is 5.97 Å². The van der Waals surface area contributed by atoms with Crippen LogP contribution in [-0.4, -0.2) is 25.8 Å². The molecule has 22 heavy (non-hydrogen) atoms. The Labute approximate surface area is 135 Å². The highest BCUT2D eigenvalue weighted by atomic mass is 32.1. The lowest BCUT2D eigenvalue weighted by Gasteiger charge is -2.06. The molecule has 0 spiro atoms. The minimum Gasteiger partial charge on any atom is -0.481 e. The van der Waals surface area contributed by atoms with Crippen LogP contribution in [-0.2, 0) is 11.3 Å². The largest absolute Gasteiger partial charge is 0.481 e. The number of hydrogen-bond acceptors (Lipinski definition) is 3. The molecule has 118 valence electrons. The van der Waals surface area contributed by atoms with E-state index in [0.717, 1.165) is 50.0 Å². The van der Waals surface area contributed by atoms with Gasteiger partial charge in [-0.2, -0.15) is 5.10 Å². The molecule has 1 heterocycles. The summed E-state index contributed by atoms with van der Waals surface area (Å²) < 4.78 is 2.67. The van der Waals surface area contributed by atoms with Gasteiger partial charge in [0.05, 0.1) is 0 Å². The Morgan fingerprint density at radius 3 is 2.55 bits per heavy atom. The fourth-order valence-corrected chi connectivity index (χ4v) is 2.63. The standard InChI is InChI=1S/C16H21N3O2S/c20-14(21)11-7-2-1-3-8-12-19-15(17-18-16(19)22)13-9-5-4-6-10-13/h4-6,9-10H,1-3,7-8,11-12H2,(H,18,22)(H,20,21). The molecule has 1 aromatic carbocycles. The number of aliphatic carboxylic acids is 1. The molecule has 0 radical (unpaired) electrons. The zero-order chi connectivity index (χ0) is 15.8. The van der Waals surface area contributed by atoms with Crippen LogP contribution in [0.15, 0.2) is 30.3 Å². The zero-order valence-corrected chi connectivity index (χ0v) is 13.3. The molecule has 0 aliphatic carbocycles. The number of aromatic amines is 1. The van der Waals surface area contributed by atoms with Crippen LogP contribution in [0.5, 0.6) is 0 Å². The van der Waals surface area contributed by atoms with Crippen LogP contribution in [0.3, 0.4) is 0 Å². The molecule has 0 fully saturated rings. The predicted octanol–water partition coefficient (Wildman–Crippen LogP) is 4.03. The molecule has 1 aromatic heterocycles. The smallest absolute Gasteiger partial charge is 0.303 e. The van der Waals surface area contributed by atoms with Gasteiger partial charge in [0.2, 0.25) is 0 Å². The van der Waals surface area contributed by atoms with Gasteiger partial charge in [0.25, 0.3) is 0 Å². The summed E-state index contributed by atoms with van der Waals surface area (Å²) >= 11 is 5.30. The summed E-state index contributed by atoms with van der Waals surface area (Å²) in [7, 11) is 0. The predicted molar refractivity (Wildman–Crippen MR) is 88.2 cm³/mol. The van der Waals surface area contributed by atoms with Gasteiger partial charge in [-0.1, -0.05) is 49.6 Å². The minimum atomic E-state index is -0.711. The summed E-state index contributed by atoms with van der Waals surface area (Å²) in [6, 6.07) is 9.99. The third-order valence-electron chi connectivity index (χ3n) is 3.56. The number of hydrogen-bond donors (Lipinski definition) is 2. The van der Waals surface area contributed by atoms with Crippen LogP contribution in [0.25, 0.3) is 11.4 Å². The lowest BCUT2D eigenvalue weighted by Crippen LogP contribution is -2.01. The topological polar surface area (TPSA) is 70.9 Å². The van der Waals surface area contributed by atoms with Gasteiger partial charge in [0.15, 0.2) is 10.6 Å². The van der Waals surface area contributed by atoms with Gasteiger partial charge in [-0.3, -0.25) is 9.89 Å². The number of H-pyrrole nitrogens is 1. The summed E-state index contributed by atoms with van der Waals surface area (Å²) in [6.07, 6.45) is 5.13. The molecule has 0 atom stereocenters. The zero-order valence-electron chi connectivity index (χ0n) is 12.5. The Kier molecular flexibility index (Phi) is 6.33. The monoisotopic (exact) mass is 319 g/mol. The molecule has 5 nitrogen and oxygen atoms in total. The van der Waals surface area contributed by atoms with E-state index in [1.165, 1.54) is 0 Å². The third kappa shape index (κ3) is 4.80. The minimum absolute atomic E-state index is 0.269. The Morgan fingerprint density at radius 2 is 1.82 bits per heavy atom. The summed E-state index contributed by atoms with van der Waals surface area (Å²) in [5.74, 6) is 0.161. The molecule has 6 heteroatoms. The van der Waals surface area contributed by atoms with E-state index in [9.17, 15) is 4.79 Å². The number of carboxylic acids is 1. The molecule has 2 rings (SSSR count). The summed E-state index contributed by atoms with van der Waals surface area (Å²) in [5, 5.41) is 15.8. The molecule has 0 amide bonds. The van der Waals surface area contributed by atoms with E-state index in [1.807, 2.05) is 34.9 Å². The fraction of sp³-hybridized carbons (Fsp3) is 0.438. The number of carbonyl (C=O) groups is 1. The molecular weight excluding hydrogens is 298 g/mol. The van der Waals surface area contributed by atoms with Gasteiger partial charge >= 0.3 is 5.97 Å². The van der Waals surface area contributed by atoms with Crippen molar-refractivity contribution < 1.29 is 9.90 Å². The first kappa shape index (κ1) is 16.4. The van der Waals surface area contributed by atoms with Crippen molar-refractivity contribution in [3.8, 4) is 11.4 Å². The van der Waals surface area contributed by atoms with Crippen LogP contribution in [0, 0.1) is 4.77 Å². The summed E-state index contributed by atoms with van der Waals surface area (Å²) in [6.45, 7) is 0.832. The number of carboxylic acid groups (broad SMARTS) is 1. The Morgan fingerprint density at radius 1 is 1.14 bits per heavy atom. The quantitative estimate of drug-likeness (QED) is 0.540. The average Bonchev–Trinajstić information content (AvgIpc) is 2.88. The SMILES string of the molecule is O=C(O)CCCCCCCn1c(-c2ccccc2)n[nH]c1=S. The molecule has 0 aliphatic heterocycles. The molecule has 0 saturated carbocycles. The molecule has 0 bridgehead atoms. The van der Waals surface area contributed by atoms with Crippen molar-refractivity contribution in [3.05, 3.63) is 35.1 Å². The first-order chi connectivity index (χ1) is 10.7. The first-order valence-electron chi connectivity index (χ1n) is 7.61. The van der Waals surface area contributed by atoms with Crippen molar-refractivity contribution >= 4 is 18.2 Å². The second-order valence-corrected chi connectivity index (χ2v) is 5.67. The van der Waals surface area contributed by atoms with Crippen LogP contribution < -0.4 is 0 Å². The maximum atomic E-state index is 10.4. The summed E-state index contributed by atoms with van der Waals surface area (Å²) in [4.78, 5) is 10.4. The highest BCUT2D eigenvalue weighted by Gasteiger charge is 2.07. The number of benzene rings is 1. The van der Waals surface area contributed by atoms with Gasteiger partial charge in [-0.05, 0) is 25.1 Å². The van der Waals surface area contributed by atoms with Crippen molar-refractivity contribution in [2.75, 3.05) is 0 Å². The molecule has 0 unspecified atom stereocenters. The molecule has 0 saturated heterocycles. The van der Waals surface area contributed by atoms with Crippen LogP contribution in [0.2, 0.25) is 0 Å². The first-order valence-corrected chi connectivity index (χ1v) is 8.01. The van der Waals surface area contributed by atoms with Gasteiger partial charge in [0, 0.05) is 18.5 Å². The molecule has 2 aromatic rings. The van der Waals surface area contributed by atoms with E-state index in [1.54, 1.807) is 0 Å². The number of nitrogens with one attached hydrogen (secondary N) is 1. The van der Waals surface area contributed by atoms with Crippen molar-refractivity contribution in [1.29, 1.82) is 0 Å². The molecule has 0 aliphatic rings. The highest BCUT2D eigenvalue weighted by molar-refractivity contribution is 7.71.